The van der Waals surface area contributed by atoms with Crippen molar-refractivity contribution in [2.24, 2.45) is 7.05 Å². The van der Waals surface area contributed by atoms with Crippen LogP contribution in [0.25, 0.3) is 0 Å². The highest BCUT2D eigenvalue weighted by Crippen LogP contribution is 2.46. The van der Waals surface area contributed by atoms with Gasteiger partial charge in [-0.25, -0.2) is 0 Å². The molecule has 0 N–H and O–H groups in total. The van der Waals surface area contributed by atoms with Crippen LogP contribution in [0.2, 0.25) is 0 Å². The number of hydrogen-bond donors (Lipinski definition) is 0. The maximum atomic E-state index is 14.0. The highest BCUT2D eigenvalue weighted by Gasteiger charge is 2.40. The summed E-state index contributed by atoms with van der Waals surface area (Å²) in [6, 6.07) is 1.89. The minimum atomic E-state index is -5.05. The summed E-state index contributed by atoms with van der Waals surface area (Å²) in [5.41, 5.74) is -3.35. The van der Waals surface area contributed by atoms with Crippen LogP contribution < -0.4 is 9.80 Å². The Morgan fingerprint density at radius 1 is 0.902 bits per heavy atom. The molecule has 224 valence electrons. The largest absolute Gasteiger partial charge is 0.416 e. The number of aryl methyl sites for hydroxylation is 2. The third kappa shape index (κ3) is 6.22. The topological polar surface area (TPSA) is 50.1 Å². The molecular weight excluding hydrogens is 567 g/mol. The Morgan fingerprint density at radius 3 is 2.00 bits per heavy atom. The molecule has 1 aliphatic heterocycles. The molecule has 4 rings (SSSR count). The molecule has 41 heavy (non-hydrogen) atoms. The molecular formula is C26H27F9N6. The number of hydrogen-bond acceptors (Lipinski definition) is 5. The van der Waals surface area contributed by atoms with Crippen LogP contribution in [0.3, 0.4) is 0 Å². The number of aromatic nitrogens is 4. The van der Waals surface area contributed by atoms with Crippen LogP contribution in [0, 0.1) is 13.8 Å². The zero-order valence-electron chi connectivity index (χ0n) is 22.5. The number of alkyl halides is 9. The van der Waals surface area contributed by atoms with Crippen LogP contribution >= 0.6 is 0 Å². The average molecular weight is 595 g/mol. The molecule has 0 aliphatic carbocycles. The van der Waals surface area contributed by atoms with Crippen LogP contribution in [-0.4, -0.2) is 33.3 Å². The first kappa shape index (κ1) is 30.4. The van der Waals surface area contributed by atoms with E-state index in [2.05, 4.69) is 15.4 Å². The van der Waals surface area contributed by atoms with E-state index in [1.54, 1.807) is 11.8 Å². The normalized spacial score (nSPS) is 16.5. The van der Waals surface area contributed by atoms with Gasteiger partial charge in [-0.05, 0) is 79.3 Å². The summed E-state index contributed by atoms with van der Waals surface area (Å²) in [6.07, 6.45) is -13.9. The Kier molecular flexibility index (Phi) is 7.95. The summed E-state index contributed by atoms with van der Waals surface area (Å²) < 4.78 is 124. The number of fused-ring (bicyclic) bond motifs is 1. The van der Waals surface area contributed by atoms with E-state index >= 15 is 0 Å². The molecule has 2 heterocycles. The van der Waals surface area contributed by atoms with Crippen molar-refractivity contribution in [3.8, 4) is 0 Å². The van der Waals surface area contributed by atoms with E-state index in [-0.39, 0.29) is 28.7 Å². The summed E-state index contributed by atoms with van der Waals surface area (Å²) >= 11 is 0. The molecule has 1 unspecified atom stereocenters. The fourth-order valence-electron chi connectivity index (χ4n) is 5.51. The van der Waals surface area contributed by atoms with E-state index in [4.69, 9.17) is 0 Å². The molecule has 0 amide bonds. The second-order valence-electron chi connectivity index (χ2n) is 9.99. The first-order chi connectivity index (χ1) is 18.9. The van der Waals surface area contributed by atoms with Gasteiger partial charge in [-0.15, -0.1) is 5.10 Å². The first-order valence-electron chi connectivity index (χ1n) is 12.7. The number of nitrogens with zero attached hydrogens (tertiary/aromatic N) is 6. The van der Waals surface area contributed by atoms with Gasteiger partial charge in [0, 0.05) is 25.3 Å². The van der Waals surface area contributed by atoms with Crippen molar-refractivity contribution in [2.75, 3.05) is 22.9 Å². The Morgan fingerprint density at radius 2 is 1.51 bits per heavy atom. The minimum absolute atomic E-state index is 0.00766. The summed E-state index contributed by atoms with van der Waals surface area (Å²) in [5, 5.41) is 11.9. The Balaban J connectivity index is 1.94. The fraction of sp³-hybridized carbons (Fsp3) is 0.500. The lowest BCUT2D eigenvalue weighted by Gasteiger charge is -2.34. The van der Waals surface area contributed by atoms with Crippen molar-refractivity contribution in [1.82, 2.24) is 20.2 Å². The van der Waals surface area contributed by atoms with E-state index in [0.717, 1.165) is 4.80 Å². The molecule has 1 aliphatic rings. The van der Waals surface area contributed by atoms with Crippen molar-refractivity contribution in [2.45, 2.75) is 64.7 Å². The average Bonchev–Trinajstić information content (AvgIpc) is 3.18. The number of tetrazole rings is 1. The van der Waals surface area contributed by atoms with Gasteiger partial charge in [0.25, 0.3) is 5.95 Å². The first-order valence-corrected chi connectivity index (χ1v) is 12.7. The van der Waals surface area contributed by atoms with Crippen molar-refractivity contribution in [1.29, 1.82) is 0 Å². The van der Waals surface area contributed by atoms with Crippen LogP contribution in [-0.2, 0) is 32.1 Å². The predicted molar refractivity (Wildman–Crippen MR) is 132 cm³/mol. The monoisotopic (exact) mass is 594 g/mol. The summed E-state index contributed by atoms with van der Waals surface area (Å²) in [5.74, 6) is -0.0884. The van der Waals surface area contributed by atoms with Crippen LogP contribution in [0.15, 0.2) is 24.3 Å². The zero-order valence-corrected chi connectivity index (χ0v) is 22.5. The van der Waals surface area contributed by atoms with E-state index in [9.17, 15) is 39.5 Å². The fourth-order valence-corrected chi connectivity index (χ4v) is 5.51. The van der Waals surface area contributed by atoms with Crippen LogP contribution in [0.5, 0.6) is 0 Å². The Hall–Kier alpha value is -3.52. The second-order valence-corrected chi connectivity index (χ2v) is 9.99. The SMILES string of the molecule is CCN1CCCC(N(Cc2cc(C(F)(F)F)cc(C(F)(F)F)c2)c2nnn(C)n2)c2cc(C)c(C(F)(F)F)c(C)c21. The van der Waals surface area contributed by atoms with Gasteiger partial charge in [-0.1, -0.05) is 11.2 Å². The molecule has 2 aromatic carbocycles. The van der Waals surface area contributed by atoms with E-state index in [1.807, 2.05) is 0 Å². The minimum Gasteiger partial charge on any atom is -0.371 e. The van der Waals surface area contributed by atoms with Crippen LogP contribution in [0.1, 0.15) is 64.8 Å². The van der Waals surface area contributed by atoms with Gasteiger partial charge in [-0.2, -0.15) is 44.3 Å². The van der Waals surface area contributed by atoms with Crippen molar-refractivity contribution >= 4 is 11.6 Å². The second kappa shape index (κ2) is 10.7. The van der Waals surface area contributed by atoms with Gasteiger partial charge in [0.1, 0.15) is 0 Å². The predicted octanol–water partition coefficient (Wildman–Crippen LogP) is 7.25. The molecule has 1 aromatic heterocycles. The molecule has 0 bridgehead atoms. The standard InChI is InChI=1S/C26H27F9N6/c1-5-40-8-6-7-20(19-9-14(2)21(26(33,34)35)15(3)22(19)40)41(23-36-38-39(4)37-23)13-16-10-17(24(27,28)29)12-18(11-16)25(30,31)32/h9-12,20H,5-8,13H2,1-4H3. The van der Waals surface area contributed by atoms with Crippen molar-refractivity contribution in [3.05, 3.63) is 63.2 Å². The summed E-state index contributed by atoms with van der Waals surface area (Å²) in [6.45, 7) is 4.76. The van der Waals surface area contributed by atoms with Gasteiger partial charge in [0.15, 0.2) is 0 Å². The van der Waals surface area contributed by atoms with Crippen LogP contribution in [0.4, 0.5) is 51.1 Å². The lowest BCUT2D eigenvalue weighted by molar-refractivity contribution is -0.143. The molecule has 0 fully saturated rings. The summed E-state index contributed by atoms with van der Waals surface area (Å²) in [4.78, 5) is 4.29. The smallest absolute Gasteiger partial charge is 0.371 e. The number of rotatable bonds is 5. The molecule has 0 saturated carbocycles. The van der Waals surface area contributed by atoms with E-state index < -0.39 is 47.8 Å². The van der Waals surface area contributed by atoms with Gasteiger partial charge >= 0.3 is 18.5 Å². The Bertz CT molecular complexity index is 1380. The molecule has 1 atom stereocenters. The maximum absolute atomic E-state index is 14.0. The third-order valence-electron chi connectivity index (χ3n) is 7.15. The number of benzene rings is 2. The Labute approximate surface area is 229 Å². The molecule has 0 saturated heterocycles. The molecule has 0 spiro atoms. The zero-order chi connectivity index (χ0) is 30.5. The number of anilines is 2. The quantitative estimate of drug-likeness (QED) is 0.292. The van der Waals surface area contributed by atoms with Gasteiger partial charge in [0.05, 0.1) is 29.8 Å². The number of halogens is 9. The van der Waals surface area contributed by atoms with Gasteiger partial charge in [-0.3, -0.25) is 0 Å². The molecule has 6 nitrogen and oxygen atoms in total. The van der Waals surface area contributed by atoms with E-state index in [0.29, 0.717) is 49.3 Å². The maximum Gasteiger partial charge on any atom is 0.416 e. The van der Waals surface area contributed by atoms with Gasteiger partial charge < -0.3 is 9.80 Å². The van der Waals surface area contributed by atoms with Gasteiger partial charge in [0.2, 0.25) is 0 Å². The van der Waals surface area contributed by atoms with Crippen molar-refractivity contribution < 1.29 is 39.5 Å². The summed E-state index contributed by atoms with van der Waals surface area (Å²) in [7, 11) is 1.43. The highest BCUT2D eigenvalue weighted by molar-refractivity contribution is 5.67. The lowest BCUT2D eigenvalue weighted by Crippen LogP contribution is -2.31. The molecule has 15 heteroatoms. The third-order valence-corrected chi connectivity index (χ3v) is 7.15. The van der Waals surface area contributed by atoms with E-state index in [1.165, 1.54) is 31.9 Å². The molecule has 0 radical (unpaired) electrons. The lowest BCUT2D eigenvalue weighted by atomic mass is 9.90. The highest BCUT2D eigenvalue weighted by atomic mass is 19.4. The molecule has 3 aromatic rings. The van der Waals surface area contributed by atoms with Crippen molar-refractivity contribution in [3.63, 3.8) is 0 Å².